The summed E-state index contributed by atoms with van der Waals surface area (Å²) in [4.78, 5) is 25.0. The van der Waals surface area contributed by atoms with Gasteiger partial charge in [0.15, 0.2) is 0 Å². The average molecular weight is 451 g/mol. The summed E-state index contributed by atoms with van der Waals surface area (Å²) in [6, 6.07) is 11.4. The van der Waals surface area contributed by atoms with Crippen molar-refractivity contribution in [1.29, 1.82) is 0 Å². The number of amides is 1. The van der Waals surface area contributed by atoms with E-state index in [1.54, 1.807) is 39.6 Å². The fourth-order valence-corrected chi connectivity index (χ4v) is 3.35. The minimum absolute atomic E-state index is 0.144. The van der Waals surface area contributed by atoms with E-state index in [0.29, 0.717) is 30.9 Å². The Bertz CT molecular complexity index is 1060. The number of nitrogens with one attached hydrogen (secondary N) is 3. The van der Waals surface area contributed by atoms with Gasteiger partial charge in [-0.25, -0.2) is 15.0 Å². The number of benzene rings is 1. The molecule has 0 spiro atoms. The highest BCUT2D eigenvalue weighted by Crippen LogP contribution is 2.22. The van der Waals surface area contributed by atoms with Crippen molar-refractivity contribution in [2.24, 2.45) is 0 Å². The van der Waals surface area contributed by atoms with Crippen LogP contribution in [0.25, 0.3) is 11.3 Å². The largest absolute Gasteiger partial charge is 0.496 e. The highest BCUT2D eigenvalue weighted by molar-refractivity contribution is 5.94. The zero-order valence-electron chi connectivity index (χ0n) is 19.4. The van der Waals surface area contributed by atoms with Crippen molar-refractivity contribution < 1.29 is 14.3 Å². The molecule has 1 aromatic carbocycles. The predicted octanol–water partition coefficient (Wildman–Crippen LogP) is 3.01. The van der Waals surface area contributed by atoms with Crippen LogP contribution in [0.15, 0.2) is 48.9 Å². The first-order valence-electron chi connectivity index (χ1n) is 10.7. The molecule has 9 heteroatoms. The lowest BCUT2D eigenvalue weighted by molar-refractivity contribution is 0.0962. The molecule has 0 fully saturated rings. The molecular weight excluding hydrogens is 420 g/mol. The van der Waals surface area contributed by atoms with Gasteiger partial charge in [0.1, 0.15) is 23.7 Å². The van der Waals surface area contributed by atoms with Crippen molar-refractivity contribution in [3.63, 3.8) is 0 Å². The van der Waals surface area contributed by atoms with Gasteiger partial charge >= 0.3 is 0 Å². The van der Waals surface area contributed by atoms with Crippen molar-refractivity contribution in [2.45, 2.75) is 19.4 Å². The minimum Gasteiger partial charge on any atom is -0.496 e. The number of methoxy groups -OCH3 is 2. The highest BCUT2D eigenvalue weighted by atomic mass is 16.5. The molecule has 3 rings (SSSR count). The van der Waals surface area contributed by atoms with E-state index in [2.05, 4.69) is 30.9 Å². The van der Waals surface area contributed by atoms with Gasteiger partial charge in [-0.3, -0.25) is 4.79 Å². The lowest BCUT2D eigenvalue weighted by Crippen LogP contribution is -2.21. The van der Waals surface area contributed by atoms with Crippen LogP contribution in [0.1, 0.15) is 22.8 Å². The first kappa shape index (κ1) is 23.9. The molecule has 174 valence electrons. The zero-order chi connectivity index (χ0) is 23.6. The van der Waals surface area contributed by atoms with Gasteiger partial charge in [-0.1, -0.05) is 6.07 Å². The molecule has 0 unspecified atom stereocenters. The Kier molecular flexibility index (Phi) is 8.54. The Hall–Kier alpha value is -3.72. The van der Waals surface area contributed by atoms with Crippen LogP contribution >= 0.6 is 0 Å². The summed E-state index contributed by atoms with van der Waals surface area (Å²) < 4.78 is 10.6. The SMILES string of the molecule is CNC(=O)c1ccc(CCNc2cc(-c3ccc(N[C@@H](C)COC)nc3)ncn2)c(OC)c1. The molecule has 0 aliphatic carbocycles. The second kappa shape index (κ2) is 11.8. The van der Waals surface area contributed by atoms with Crippen molar-refractivity contribution >= 4 is 17.5 Å². The van der Waals surface area contributed by atoms with Crippen LogP contribution in [0.3, 0.4) is 0 Å². The van der Waals surface area contributed by atoms with Crippen LogP contribution in [0.4, 0.5) is 11.6 Å². The smallest absolute Gasteiger partial charge is 0.251 e. The van der Waals surface area contributed by atoms with E-state index in [4.69, 9.17) is 9.47 Å². The van der Waals surface area contributed by atoms with Crippen LogP contribution in [0, 0.1) is 0 Å². The maximum atomic E-state index is 11.8. The summed E-state index contributed by atoms with van der Waals surface area (Å²) in [6.45, 7) is 3.28. The summed E-state index contributed by atoms with van der Waals surface area (Å²) in [6.07, 6.45) is 4.02. The quantitative estimate of drug-likeness (QED) is 0.409. The van der Waals surface area contributed by atoms with Crippen molar-refractivity contribution in [3.8, 4) is 17.0 Å². The maximum Gasteiger partial charge on any atom is 0.251 e. The number of ether oxygens (including phenoxy) is 2. The molecule has 1 atom stereocenters. The zero-order valence-corrected chi connectivity index (χ0v) is 19.4. The number of rotatable bonds is 11. The van der Waals surface area contributed by atoms with Gasteiger partial charge in [0.2, 0.25) is 0 Å². The van der Waals surface area contributed by atoms with Crippen molar-refractivity contribution in [2.75, 3.05) is 45.1 Å². The highest BCUT2D eigenvalue weighted by Gasteiger charge is 2.10. The number of pyridine rings is 1. The van der Waals surface area contributed by atoms with Crippen molar-refractivity contribution in [3.05, 3.63) is 60.0 Å². The van der Waals surface area contributed by atoms with Crippen LogP contribution in [0.2, 0.25) is 0 Å². The Balaban J connectivity index is 1.61. The minimum atomic E-state index is -0.144. The monoisotopic (exact) mass is 450 g/mol. The standard InChI is InChI=1S/C24H30N6O3/c1-16(14-32-3)30-22-8-7-19(13-27-22)20-12-23(29-15-28-20)26-10-9-17-5-6-18(24(31)25-2)11-21(17)33-4/h5-8,11-13,15-16H,9-10,14H2,1-4H3,(H,25,31)(H,27,30)(H,26,28,29)/t16-/m0/s1. The third kappa shape index (κ3) is 6.63. The molecule has 2 aromatic heterocycles. The topological polar surface area (TPSA) is 110 Å². The summed E-state index contributed by atoms with van der Waals surface area (Å²) in [7, 11) is 4.88. The summed E-state index contributed by atoms with van der Waals surface area (Å²) in [5, 5.41) is 9.22. The van der Waals surface area contributed by atoms with Gasteiger partial charge in [0.05, 0.1) is 19.4 Å². The number of aromatic nitrogens is 3. The van der Waals surface area contributed by atoms with Crippen LogP contribution in [-0.4, -0.2) is 61.3 Å². The normalized spacial score (nSPS) is 11.5. The molecular formula is C24H30N6O3. The molecule has 0 saturated heterocycles. The van der Waals surface area contributed by atoms with E-state index in [0.717, 1.165) is 28.5 Å². The number of hydrogen-bond acceptors (Lipinski definition) is 8. The average Bonchev–Trinajstić information content (AvgIpc) is 2.84. The molecule has 9 nitrogen and oxygen atoms in total. The molecule has 0 aliphatic heterocycles. The molecule has 0 bridgehead atoms. The molecule has 0 aliphatic rings. The molecule has 2 heterocycles. The van der Waals surface area contributed by atoms with Gasteiger partial charge in [-0.15, -0.1) is 0 Å². The van der Waals surface area contributed by atoms with Gasteiger partial charge in [-0.05, 0) is 43.2 Å². The molecule has 1 amide bonds. The fourth-order valence-electron chi connectivity index (χ4n) is 3.35. The van der Waals surface area contributed by atoms with Crippen LogP contribution in [0.5, 0.6) is 5.75 Å². The van der Waals surface area contributed by atoms with E-state index < -0.39 is 0 Å². The number of nitrogens with zero attached hydrogens (tertiary/aromatic N) is 3. The Morgan fingerprint density at radius 1 is 1.06 bits per heavy atom. The van der Waals surface area contributed by atoms with E-state index in [9.17, 15) is 4.79 Å². The predicted molar refractivity (Wildman–Crippen MR) is 129 cm³/mol. The Morgan fingerprint density at radius 2 is 1.91 bits per heavy atom. The number of carbonyl (C=O) groups is 1. The molecule has 3 aromatic rings. The first-order chi connectivity index (χ1) is 16.0. The number of anilines is 2. The van der Waals surface area contributed by atoms with E-state index in [-0.39, 0.29) is 11.9 Å². The number of hydrogen-bond donors (Lipinski definition) is 3. The lowest BCUT2D eigenvalue weighted by atomic mass is 10.1. The summed E-state index contributed by atoms with van der Waals surface area (Å²) in [5.74, 6) is 2.04. The van der Waals surface area contributed by atoms with Gasteiger partial charge in [0, 0.05) is 50.1 Å². The van der Waals surface area contributed by atoms with Crippen molar-refractivity contribution in [1.82, 2.24) is 20.3 Å². The second-order valence-corrected chi connectivity index (χ2v) is 7.50. The van der Waals surface area contributed by atoms with E-state index >= 15 is 0 Å². The number of carbonyl (C=O) groups excluding carboxylic acids is 1. The fraction of sp³-hybridized carbons (Fsp3) is 0.333. The third-order valence-corrected chi connectivity index (χ3v) is 5.01. The Labute approximate surface area is 194 Å². The summed E-state index contributed by atoms with van der Waals surface area (Å²) >= 11 is 0. The molecule has 0 radical (unpaired) electrons. The first-order valence-corrected chi connectivity index (χ1v) is 10.7. The maximum absolute atomic E-state index is 11.8. The van der Waals surface area contributed by atoms with Crippen LogP contribution < -0.4 is 20.7 Å². The van der Waals surface area contributed by atoms with E-state index in [1.165, 1.54) is 6.33 Å². The van der Waals surface area contributed by atoms with Crippen LogP contribution in [-0.2, 0) is 11.2 Å². The summed E-state index contributed by atoms with van der Waals surface area (Å²) in [5.41, 5.74) is 3.25. The lowest BCUT2D eigenvalue weighted by Gasteiger charge is -2.13. The van der Waals surface area contributed by atoms with Gasteiger partial charge < -0.3 is 25.4 Å². The van der Waals surface area contributed by atoms with E-state index in [1.807, 2.05) is 31.2 Å². The molecule has 0 saturated carbocycles. The second-order valence-electron chi connectivity index (χ2n) is 7.50. The Morgan fingerprint density at radius 3 is 2.61 bits per heavy atom. The third-order valence-electron chi connectivity index (χ3n) is 5.01. The van der Waals surface area contributed by atoms with Gasteiger partial charge in [-0.2, -0.15) is 0 Å². The van der Waals surface area contributed by atoms with Gasteiger partial charge in [0.25, 0.3) is 5.91 Å². The molecule has 33 heavy (non-hydrogen) atoms. The molecule has 3 N–H and O–H groups in total.